The van der Waals surface area contributed by atoms with Gasteiger partial charge < -0.3 is 15.2 Å². The van der Waals surface area contributed by atoms with Gasteiger partial charge in [0.1, 0.15) is 0 Å². The van der Waals surface area contributed by atoms with E-state index in [0.29, 0.717) is 18.3 Å². The number of carbonyl (C=O) groups excluding carboxylic acids is 1. The monoisotopic (exact) mass is 280 g/mol. The molecule has 0 bridgehead atoms. The first-order valence-corrected chi connectivity index (χ1v) is 7.13. The molecular formula is C14H24N4O2. The standard InChI is InChI=1S/C14H24N4O2/c1-9-16-12(20-17-9)10-6-5-7-18(8-10)13(19)11(15)14(2,3)4/h10-11H,5-8,15H2,1-4H3/t10?,11-/m1/s1. The minimum atomic E-state index is -0.481. The molecule has 0 spiro atoms. The normalized spacial score (nSPS) is 21.9. The van der Waals surface area contributed by atoms with Crippen molar-refractivity contribution in [3.8, 4) is 0 Å². The molecule has 1 amide bonds. The highest BCUT2D eigenvalue weighted by Gasteiger charge is 2.34. The van der Waals surface area contributed by atoms with Crippen LogP contribution < -0.4 is 5.73 Å². The first kappa shape index (κ1) is 15.0. The Morgan fingerprint density at radius 3 is 2.75 bits per heavy atom. The van der Waals surface area contributed by atoms with E-state index in [-0.39, 0.29) is 17.2 Å². The van der Waals surface area contributed by atoms with Crippen molar-refractivity contribution in [1.29, 1.82) is 0 Å². The van der Waals surface area contributed by atoms with Crippen LogP contribution in [0, 0.1) is 12.3 Å². The zero-order chi connectivity index (χ0) is 14.9. The number of aromatic nitrogens is 2. The topological polar surface area (TPSA) is 85.2 Å². The minimum absolute atomic E-state index is 0.0124. The van der Waals surface area contributed by atoms with E-state index in [2.05, 4.69) is 10.1 Å². The summed E-state index contributed by atoms with van der Waals surface area (Å²) in [6.07, 6.45) is 1.91. The lowest BCUT2D eigenvalue weighted by Gasteiger charge is -2.36. The molecule has 6 heteroatoms. The summed E-state index contributed by atoms with van der Waals surface area (Å²) in [7, 11) is 0. The number of nitrogens with zero attached hydrogens (tertiary/aromatic N) is 3. The van der Waals surface area contributed by atoms with Crippen molar-refractivity contribution in [3.05, 3.63) is 11.7 Å². The first-order chi connectivity index (χ1) is 9.29. The van der Waals surface area contributed by atoms with E-state index >= 15 is 0 Å². The fourth-order valence-electron chi connectivity index (χ4n) is 2.42. The van der Waals surface area contributed by atoms with Crippen LogP contribution in [0.5, 0.6) is 0 Å². The fraction of sp³-hybridized carbons (Fsp3) is 0.786. The summed E-state index contributed by atoms with van der Waals surface area (Å²) in [5, 5.41) is 3.82. The Labute approximate surface area is 119 Å². The average Bonchev–Trinajstić information content (AvgIpc) is 2.83. The quantitative estimate of drug-likeness (QED) is 0.886. The van der Waals surface area contributed by atoms with Gasteiger partial charge in [-0.15, -0.1) is 0 Å². The number of likely N-dealkylation sites (tertiary alicyclic amines) is 1. The second kappa shape index (κ2) is 5.52. The van der Waals surface area contributed by atoms with Crippen LogP contribution in [0.15, 0.2) is 4.52 Å². The Bertz CT molecular complexity index is 478. The van der Waals surface area contributed by atoms with Gasteiger partial charge in [0.2, 0.25) is 11.8 Å². The van der Waals surface area contributed by atoms with Crippen LogP contribution in [0.25, 0.3) is 0 Å². The predicted molar refractivity (Wildman–Crippen MR) is 75.0 cm³/mol. The van der Waals surface area contributed by atoms with Crippen molar-refractivity contribution in [3.63, 3.8) is 0 Å². The predicted octanol–water partition coefficient (Wildman–Crippen LogP) is 1.46. The van der Waals surface area contributed by atoms with Gasteiger partial charge in [-0.25, -0.2) is 0 Å². The van der Waals surface area contributed by atoms with Crippen molar-refractivity contribution < 1.29 is 9.32 Å². The molecule has 1 aliphatic heterocycles. The largest absolute Gasteiger partial charge is 0.341 e. The van der Waals surface area contributed by atoms with E-state index in [1.165, 1.54) is 0 Å². The molecule has 1 saturated heterocycles. The number of nitrogens with two attached hydrogens (primary N) is 1. The van der Waals surface area contributed by atoms with Crippen LogP contribution in [0.1, 0.15) is 51.2 Å². The molecule has 0 radical (unpaired) electrons. The second-order valence-corrected chi connectivity index (χ2v) is 6.65. The van der Waals surface area contributed by atoms with Crippen LogP contribution >= 0.6 is 0 Å². The molecule has 1 aromatic heterocycles. The summed E-state index contributed by atoms with van der Waals surface area (Å²) in [5.74, 6) is 1.40. The van der Waals surface area contributed by atoms with E-state index in [1.54, 1.807) is 6.92 Å². The number of hydrogen-bond acceptors (Lipinski definition) is 5. The fourth-order valence-corrected chi connectivity index (χ4v) is 2.42. The van der Waals surface area contributed by atoms with E-state index in [0.717, 1.165) is 19.4 Å². The third kappa shape index (κ3) is 3.17. The first-order valence-electron chi connectivity index (χ1n) is 7.13. The Balaban J connectivity index is 2.05. The summed E-state index contributed by atoms with van der Waals surface area (Å²) in [5.41, 5.74) is 5.84. The van der Waals surface area contributed by atoms with Crippen LogP contribution in [0.4, 0.5) is 0 Å². The maximum Gasteiger partial charge on any atom is 0.240 e. The summed E-state index contributed by atoms with van der Waals surface area (Å²) in [6.45, 7) is 9.12. The highest BCUT2D eigenvalue weighted by Crippen LogP contribution is 2.27. The zero-order valence-corrected chi connectivity index (χ0v) is 12.7. The molecule has 6 nitrogen and oxygen atoms in total. The number of rotatable bonds is 2. The Hall–Kier alpha value is -1.43. The van der Waals surface area contributed by atoms with Crippen molar-refractivity contribution in [1.82, 2.24) is 15.0 Å². The van der Waals surface area contributed by atoms with E-state index in [4.69, 9.17) is 10.3 Å². The lowest BCUT2D eigenvalue weighted by atomic mass is 9.86. The van der Waals surface area contributed by atoms with E-state index in [9.17, 15) is 4.79 Å². The lowest BCUT2D eigenvalue weighted by Crippen LogP contribution is -2.52. The molecule has 1 unspecified atom stereocenters. The van der Waals surface area contributed by atoms with Gasteiger partial charge in [-0.1, -0.05) is 25.9 Å². The molecular weight excluding hydrogens is 256 g/mol. The van der Waals surface area contributed by atoms with Crippen molar-refractivity contribution >= 4 is 5.91 Å². The van der Waals surface area contributed by atoms with Gasteiger partial charge in [-0.3, -0.25) is 4.79 Å². The average molecular weight is 280 g/mol. The highest BCUT2D eigenvalue weighted by atomic mass is 16.5. The molecule has 0 aliphatic carbocycles. The van der Waals surface area contributed by atoms with Gasteiger partial charge in [-0.2, -0.15) is 4.98 Å². The van der Waals surface area contributed by atoms with E-state index < -0.39 is 6.04 Å². The molecule has 1 aromatic rings. The molecule has 112 valence electrons. The zero-order valence-electron chi connectivity index (χ0n) is 12.7. The summed E-state index contributed by atoms with van der Waals surface area (Å²) in [6, 6.07) is -0.481. The Kier molecular flexibility index (Phi) is 4.13. The Morgan fingerprint density at radius 1 is 1.50 bits per heavy atom. The molecule has 0 saturated carbocycles. The Morgan fingerprint density at radius 2 is 2.20 bits per heavy atom. The number of aryl methyl sites for hydroxylation is 1. The number of amides is 1. The molecule has 20 heavy (non-hydrogen) atoms. The van der Waals surface area contributed by atoms with Gasteiger partial charge in [-0.05, 0) is 25.2 Å². The SMILES string of the molecule is Cc1noc(C2CCCN(C(=O)[C@@H](N)C(C)(C)C)C2)n1. The van der Waals surface area contributed by atoms with Crippen LogP contribution in [-0.4, -0.2) is 40.1 Å². The highest BCUT2D eigenvalue weighted by molar-refractivity contribution is 5.82. The van der Waals surface area contributed by atoms with Crippen LogP contribution in [0.3, 0.4) is 0 Å². The van der Waals surface area contributed by atoms with Gasteiger partial charge in [0.25, 0.3) is 0 Å². The smallest absolute Gasteiger partial charge is 0.240 e. The molecule has 2 N–H and O–H groups in total. The lowest BCUT2D eigenvalue weighted by molar-refractivity contribution is -0.136. The minimum Gasteiger partial charge on any atom is -0.341 e. The molecule has 2 rings (SSSR count). The third-order valence-corrected chi connectivity index (χ3v) is 3.82. The summed E-state index contributed by atoms with van der Waals surface area (Å²) >= 11 is 0. The van der Waals surface area contributed by atoms with Crippen LogP contribution in [0.2, 0.25) is 0 Å². The van der Waals surface area contributed by atoms with Crippen molar-refractivity contribution in [2.45, 2.75) is 52.5 Å². The van der Waals surface area contributed by atoms with Crippen LogP contribution in [-0.2, 0) is 4.79 Å². The molecule has 2 heterocycles. The maximum absolute atomic E-state index is 12.5. The molecule has 1 aliphatic rings. The van der Waals surface area contributed by atoms with E-state index in [1.807, 2.05) is 25.7 Å². The third-order valence-electron chi connectivity index (χ3n) is 3.82. The molecule has 0 aromatic carbocycles. The summed E-state index contributed by atoms with van der Waals surface area (Å²) < 4.78 is 5.23. The summed E-state index contributed by atoms with van der Waals surface area (Å²) in [4.78, 5) is 18.6. The van der Waals surface area contributed by atoms with Gasteiger partial charge >= 0.3 is 0 Å². The maximum atomic E-state index is 12.5. The van der Waals surface area contributed by atoms with Crippen molar-refractivity contribution in [2.24, 2.45) is 11.1 Å². The molecule has 1 fully saturated rings. The van der Waals surface area contributed by atoms with Gasteiger partial charge in [0.05, 0.1) is 12.0 Å². The van der Waals surface area contributed by atoms with Gasteiger partial charge in [0, 0.05) is 13.1 Å². The van der Waals surface area contributed by atoms with Crippen molar-refractivity contribution in [2.75, 3.05) is 13.1 Å². The molecule has 2 atom stereocenters. The van der Waals surface area contributed by atoms with Gasteiger partial charge in [0.15, 0.2) is 5.82 Å². The number of hydrogen-bond donors (Lipinski definition) is 1. The number of piperidine rings is 1. The second-order valence-electron chi connectivity index (χ2n) is 6.65. The number of carbonyl (C=O) groups is 1.